The molecular weight excluding hydrogens is 276 g/mol. The molecule has 0 spiro atoms. The maximum absolute atomic E-state index is 3.53. The van der Waals surface area contributed by atoms with Gasteiger partial charge in [-0.3, -0.25) is 4.90 Å². The first-order valence-electron chi connectivity index (χ1n) is 8.24. The molecule has 0 bridgehead atoms. The van der Waals surface area contributed by atoms with Crippen LogP contribution in [0.2, 0.25) is 0 Å². The first-order valence-corrected chi connectivity index (χ1v) is 9.23. The summed E-state index contributed by atoms with van der Waals surface area (Å²) in [6.07, 6.45) is 2.48. The van der Waals surface area contributed by atoms with Gasteiger partial charge in [0.15, 0.2) is 0 Å². The molecule has 1 fully saturated rings. The minimum absolute atomic E-state index is 0.441. The smallest absolute Gasteiger partial charge is 0.0237 e. The van der Waals surface area contributed by atoms with Crippen molar-refractivity contribution < 1.29 is 0 Å². The van der Waals surface area contributed by atoms with E-state index in [4.69, 9.17) is 0 Å². The fraction of sp³-hybridized carbons (Fsp3) is 0.667. The van der Waals surface area contributed by atoms with E-state index in [-0.39, 0.29) is 0 Å². The van der Waals surface area contributed by atoms with Crippen LogP contribution in [0.1, 0.15) is 44.7 Å². The van der Waals surface area contributed by atoms with E-state index in [2.05, 4.69) is 67.0 Å². The van der Waals surface area contributed by atoms with Crippen molar-refractivity contribution in [2.45, 2.75) is 51.4 Å². The summed E-state index contributed by atoms with van der Waals surface area (Å²) in [7, 11) is 0. The molecule has 21 heavy (non-hydrogen) atoms. The number of nitrogens with zero attached hydrogens (tertiary/aromatic N) is 1. The van der Waals surface area contributed by atoms with Crippen molar-refractivity contribution in [2.75, 3.05) is 25.4 Å². The maximum atomic E-state index is 3.53. The molecule has 0 aromatic heterocycles. The fourth-order valence-electron chi connectivity index (χ4n) is 2.75. The molecule has 1 aromatic rings. The molecule has 1 aromatic carbocycles. The predicted octanol–water partition coefficient (Wildman–Crippen LogP) is 3.90. The molecule has 1 aliphatic rings. The van der Waals surface area contributed by atoms with Crippen molar-refractivity contribution in [3.63, 3.8) is 0 Å². The summed E-state index contributed by atoms with van der Waals surface area (Å²) in [5, 5.41) is 3.53. The molecule has 0 atom stereocenters. The van der Waals surface area contributed by atoms with Crippen LogP contribution in [-0.4, -0.2) is 35.0 Å². The highest BCUT2D eigenvalue weighted by Gasteiger charge is 2.23. The summed E-state index contributed by atoms with van der Waals surface area (Å²) < 4.78 is 0.441. The number of benzene rings is 1. The van der Waals surface area contributed by atoms with Gasteiger partial charge < -0.3 is 5.32 Å². The van der Waals surface area contributed by atoms with Crippen LogP contribution in [0, 0.1) is 0 Å². The molecule has 0 amide bonds. The maximum Gasteiger partial charge on any atom is 0.0237 e. The van der Waals surface area contributed by atoms with Crippen LogP contribution in [0.4, 0.5) is 0 Å². The molecule has 0 saturated carbocycles. The van der Waals surface area contributed by atoms with E-state index in [0.29, 0.717) is 4.75 Å². The largest absolute Gasteiger partial charge is 0.313 e. The Morgan fingerprint density at radius 1 is 1.19 bits per heavy atom. The SMILES string of the molecule is CCCNCc1ccccc1CN1CCSC(C)(C)CC1. The molecule has 0 unspecified atom stereocenters. The van der Waals surface area contributed by atoms with Crippen LogP contribution in [0.3, 0.4) is 0 Å². The number of hydrogen-bond acceptors (Lipinski definition) is 3. The molecule has 1 aliphatic heterocycles. The Labute approximate surface area is 134 Å². The van der Waals surface area contributed by atoms with E-state index in [1.165, 1.54) is 42.8 Å². The second-order valence-corrected chi connectivity index (χ2v) is 8.38. The van der Waals surface area contributed by atoms with Gasteiger partial charge in [0.25, 0.3) is 0 Å². The summed E-state index contributed by atoms with van der Waals surface area (Å²) in [5.41, 5.74) is 2.95. The van der Waals surface area contributed by atoms with Crippen molar-refractivity contribution in [1.82, 2.24) is 10.2 Å². The monoisotopic (exact) mass is 306 g/mol. The Bertz CT molecular complexity index is 431. The van der Waals surface area contributed by atoms with E-state index >= 15 is 0 Å². The van der Waals surface area contributed by atoms with Gasteiger partial charge in [-0.15, -0.1) is 0 Å². The minimum Gasteiger partial charge on any atom is -0.313 e. The highest BCUT2D eigenvalue weighted by molar-refractivity contribution is 8.00. The lowest BCUT2D eigenvalue weighted by atomic mass is 10.1. The third-order valence-electron chi connectivity index (χ3n) is 4.18. The van der Waals surface area contributed by atoms with Crippen LogP contribution in [0.5, 0.6) is 0 Å². The summed E-state index contributed by atoms with van der Waals surface area (Å²) in [6.45, 7) is 12.6. The highest BCUT2D eigenvalue weighted by Crippen LogP contribution is 2.31. The first kappa shape index (κ1) is 16.9. The van der Waals surface area contributed by atoms with Crippen LogP contribution in [0.15, 0.2) is 24.3 Å². The van der Waals surface area contributed by atoms with Gasteiger partial charge in [0.1, 0.15) is 0 Å². The molecule has 0 aliphatic carbocycles. The van der Waals surface area contributed by atoms with Crippen LogP contribution in [0.25, 0.3) is 0 Å². The summed E-state index contributed by atoms with van der Waals surface area (Å²) >= 11 is 2.12. The van der Waals surface area contributed by atoms with Crippen LogP contribution in [-0.2, 0) is 13.1 Å². The van der Waals surface area contributed by atoms with Crippen molar-refractivity contribution >= 4 is 11.8 Å². The van der Waals surface area contributed by atoms with Crippen LogP contribution < -0.4 is 5.32 Å². The third-order valence-corrected chi connectivity index (χ3v) is 5.56. The van der Waals surface area contributed by atoms with E-state index in [1.807, 2.05) is 0 Å². The second-order valence-electron chi connectivity index (χ2n) is 6.58. The van der Waals surface area contributed by atoms with Gasteiger partial charge in [0.05, 0.1) is 0 Å². The highest BCUT2D eigenvalue weighted by atomic mass is 32.2. The Balaban J connectivity index is 1.95. The zero-order chi connectivity index (χ0) is 15.1. The molecule has 118 valence electrons. The average Bonchev–Trinajstić information content (AvgIpc) is 2.62. The fourth-order valence-corrected chi connectivity index (χ4v) is 3.88. The molecule has 1 N–H and O–H groups in total. The van der Waals surface area contributed by atoms with E-state index in [1.54, 1.807) is 0 Å². The summed E-state index contributed by atoms with van der Waals surface area (Å²) in [6, 6.07) is 8.91. The van der Waals surface area contributed by atoms with Gasteiger partial charge in [-0.1, -0.05) is 45.0 Å². The van der Waals surface area contributed by atoms with Crippen molar-refractivity contribution in [3.8, 4) is 0 Å². The lowest BCUT2D eigenvalue weighted by Crippen LogP contribution is -2.27. The van der Waals surface area contributed by atoms with E-state index < -0.39 is 0 Å². The van der Waals surface area contributed by atoms with Gasteiger partial charge in [-0.2, -0.15) is 11.8 Å². The van der Waals surface area contributed by atoms with Gasteiger partial charge in [-0.05, 0) is 37.1 Å². The molecule has 2 nitrogen and oxygen atoms in total. The Morgan fingerprint density at radius 3 is 2.71 bits per heavy atom. The molecule has 1 heterocycles. The normalized spacial score (nSPS) is 19.4. The molecular formula is C18H30N2S. The predicted molar refractivity (Wildman–Crippen MR) is 94.9 cm³/mol. The quantitative estimate of drug-likeness (QED) is 0.802. The molecule has 2 rings (SSSR count). The van der Waals surface area contributed by atoms with Crippen molar-refractivity contribution in [1.29, 1.82) is 0 Å². The number of thioether (sulfide) groups is 1. The zero-order valence-electron chi connectivity index (χ0n) is 13.8. The van der Waals surface area contributed by atoms with Crippen molar-refractivity contribution in [2.24, 2.45) is 0 Å². The standard InChI is InChI=1S/C18H30N2S/c1-4-10-19-14-16-7-5-6-8-17(16)15-20-11-9-18(2,3)21-13-12-20/h5-8,19H,4,9-15H2,1-3H3. The third kappa shape index (κ3) is 5.65. The van der Waals surface area contributed by atoms with E-state index in [9.17, 15) is 0 Å². The summed E-state index contributed by atoms with van der Waals surface area (Å²) in [5.74, 6) is 1.25. The molecule has 3 heteroatoms. The average molecular weight is 307 g/mol. The van der Waals surface area contributed by atoms with E-state index in [0.717, 1.165) is 19.6 Å². The first-order chi connectivity index (χ1) is 10.1. The lowest BCUT2D eigenvalue weighted by Gasteiger charge is -2.23. The molecule has 1 saturated heterocycles. The van der Waals surface area contributed by atoms with Gasteiger partial charge in [-0.25, -0.2) is 0 Å². The summed E-state index contributed by atoms with van der Waals surface area (Å²) in [4.78, 5) is 2.63. The zero-order valence-corrected chi connectivity index (χ0v) is 14.6. The lowest BCUT2D eigenvalue weighted by molar-refractivity contribution is 0.275. The molecule has 0 radical (unpaired) electrons. The van der Waals surface area contributed by atoms with Crippen LogP contribution >= 0.6 is 11.8 Å². The number of rotatable bonds is 6. The van der Waals surface area contributed by atoms with Gasteiger partial charge >= 0.3 is 0 Å². The van der Waals surface area contributed by atoms with Gasteiger partial charge in [0, 0.05) is 30.1 Å². The van der Waals surface area contributed by atoms with Gasteiger partial charge in [0.2, 0.25) is 0 Å². The number of nitrogens with one attached hydrogen (secondary N) is 1. The topological polar surface area (TPSA) is 15.3 Å². The van der Waals surface area contributed by atoms with Crippen molar-refractivity contribution in [3.05, 3.63) is 35.4 Å². The Morgan fingerprint density at radius 2 is 1.95 bits per heavy atom. The second kappa shape index (κ2) is 8.21. The Hall–Kier alpha value is -0.510. The Kier molecular flexibility index (Phi) is 6.59. The number of hydrogen-bond donors (Lipinski definition) is 1. The minimum atomic E-state index is 0.441.